The fraction of sp³-hybridized carbons (Fsp3) is 0.308. The second-order valence-corrected chi connectivity index (χ2v) is 11.6. The molecule has 4 aromatic carbocycles. The van der Waals surface area contributed by atoms with Crippen LogP contribution in [0.1, 0.15) is 61.1 Å². The van der Waals surface area contributed by atoms with Gasteiger partial charge in [0.25, 0.3) is 0 Å². The Labute approximate surface area is 296 Å². The fourth-order valence-electron chi connectivity index (χ4n) is 5.14. The van der Waals surface area contributed by atoms with Gasteiger partial charge in [-0.25, -0.2) is 9.79 Å². The van der Waals surface area contributed by atoms with E-state index in [4.69, 9.17) is 30.8 Å². The van der Waals surface area contributed by atoms with E-state index in [1.165, 1.54) is 0 Å². The number of hydrogen-bond donors (Lipinski definition) is 4. The van der Waals surface area contributed by atoms with Crippen molar-refractivity contribution < 1.29 is 37.3 Å². The van der Waals surface area contributed by atoms with Gasteiger partial charge in [0.15, 0.2) is 5.96 Å². The van der Waals surface area contributed by atoms with Crippen molar-refractivity contribution in [2.45, 2.75) is 63.3 Å². The zero-order valence-corrected chi connectivity index (χ0v) is 28.3. The van der Waals surface area contributed by atoms with Crippen LogP contribution >= 0.6 is 0 Å². The summed E-state index contributed by atoms with van der Waals surface area (Å²) in [6, 6.07) is 36.9. The number of carboxylic acid groups (broad SMARTS) is 1. The number of nitrogens with one attached hydrogen (secondary N) is 1. The van der Waals surface area contributed by atoms with Crippen molar-refractivity contribution in [1.29, 1.82) is 0 Å². The van der Waals surface area contributed by atoms with Crippen LogP contribution in [0.25, 0.3) is 0 Å². The standard InChI is InChI=1S/C37H44N4O3.C2HF3O2/c38-37(39)41-35(34(30-18-10-6-11-19-30)31-20-12-7-13-21-31)36(42)40-26-14-3-1-2-4-15-27-43-32-22-24-33(25-23-32)44-28-29-16-8-5-9-17-29;3-2(4,5)1(6)7/h5-13,16-25,34-35H,1-4,14-15,26-28H2,(H,40,42)(H4,38,39,41);(H,6,7). The number of aliphatic imine (C=N–C) groups is 1. The molecule has 0 aliphatic carbocycles. The van der Waals surface area contributed by atoms with Gasteiger partial charge in [-0.2, -0.15) is 13.2 Å². The average molecular weight is 707 g/mol. The Hall–Kier alpha value is -5.52. The third kappa shape index (κ3) is 15.3. The van der Waals surface area contributed by atoms with Crippen molar-refractivity contribution in [3.05, 3.63) is 132 Å². The topological polar surface area (TPSA) is 149 Å². The molecule has 0 spiro atoms. The number of unbranched alkanes of at least 4 members (excludes halogenated alkanes) is 5. The summed E-state index contributed by atoms with van der Waals surface area (Å²) in [5.41, 5.74) is 14.7. The van der Waals surface area contributed by atoms with Crippen LogP contribution in [-0.4, -0.2) is 48.3 Å². The number of nitrogens with two attached hydrogens (primary N) is 2. The molecule has 1 atom stereocenters. The van der Waals surface area contributed by atoms with Crippen LogP contribution < -0.4 is 26.3 Å². The first kappa shape index (κ1) is 39.9. The predicted molar refractivity (Wildman–Crippen MR) is 191 cm³/mol. The number of carbonyl (C=O) groups is 2. The highest BCUT2D eigenvalue weighted by Gasteiger charge is 2.38. The average Bonchev–Trinajstić information content (AvgIpc) is 3.12. The summed E-state index contributed by atoms with van der Waals surface area (Å²) in [6.45, 7) is 1.82. The van der Waals surface area contributed by atoms with Crippen LogP contribution in [0, 0.1) is 0 Å². The van der Waals surface area contributed by atoms with E-state index in [2.05, 4.69) is 22.4 Å². The Morgan fingerprint density at radius 2 is 1.14 bits per heavy atom. The number of halogens is 3. The van der Waals surface area contributed by atoms with Crippen molar-refractivity contribution in [2.24, 2.45) is 16.5 Å². The van der Waals surface area contributed by atoms with Crippen molar-refractivity contribution in [2.75, 3.05) is 13.2 Å². The number of guanidine groups is 1. The van der Waals surface area contributed by atoms with E-state index < -0.39 is 18.2 Å². The number of benzene rings is 4. The van der Waals surface area contributed by atoms with Crippen LogP contribution in [0.3, 0.4) is 0 Å². The Morgan fingerprint density at radius 1 is 0.686 bits per heavy atom. The van der Waals surface area contributed by atoms with E-state index >= 15 is 0 Å². The molecule has 1 unspecified atom stereocenters. The molecule has 0 radical (unpaired) electrons. The monoisotopic (exact) mass is 706 g/mol. The summed E-state index contributed by atoms with van der Waals surface area (Å²) in [4.78, 5) is 26.6. The Bertz CT molecular complexity index is 1560. The molecular weight excluding hydrogens is 661 g/mol. The van der Waals surface area contributed by atoms with E-state index in [0.29, 0.717) is 19.8 Å². The largest absolute Gasteiger partial charge is 0.494 e. The second-order valence-electron chi connectivity index (χ2n) is 11.6. The summed E-state index contributed by atoms with van der Waals surface area (Å²) in [5.74, 6) is -1.65. The highest BCUT2D eigenvalue weighted by molar-refractivity contribution is 5.87. The number of ether oxygens (including phenoxy) is 2. The molecule has 0 aliphatic heterocycles. The zero-order chi connectivity index (χ0) is 36.9. The summed E-state index contributed by atoms with van der Waals surface area (Å²) in [6.07, 6.45) is 1.20. The van der Waals surface area contributed by atoms with Crippen molar-refractivity contribution in [3.63, 3.8) is 0 Å². The molecule has 0 aliphatic rings. The van der Waals surface area contributed by atoms with E-state index in [9.17, 15) is 18.0 Å². The Balaban J connectivity index is 0.000000908. The SMILES string of the molecule is NC(N)=NC(C(=O)NCCCCCCCCOc1ccc(OCc2ccccc2)cc1)C(c1ccccc1)c1ccccc1.O=C(O)C(F)(F)F. The minimum absolute atomic E-state index is 0.101. The number of amides is 1. The highest BCUT2D eigenvalue weighted by Crippen LogP contribution is 2.30. The van der Waals surface area contributed by atoms with E-state index in [-0.39, 0.29) is 17.8 Å². The third-order valence-electron chi connectivity index (χ3n) is 7.64. The Morgan fingerprint density at radius 3 is 1.63 bits per heavy atom. The molecule has 0 fully saturated rings. The van der Waals surface area contributed by atoms with Gasteiger partial charge in [0.05, 0.1) is 6.61 Å². The van der Waals surface area contributed by atoms with Crippen LogP contribution in [-0.2, 0) is 16.2 Å². The van der Waals surface area contributed by atoms with Crippen molar-refractivity contribution >= 4 is 17.8 Å². The van der Waals surface area contributed by atoms with Crippen molar-refractivity contribution in [1.82, 2.24) is 5.32 Å². The van der Waals surface area contributed by atoms with Gasteiger partial charge in [-0.15, -0.1) is 0 Å². The lowest BCUT2D eigenvalue weighted by Crippen LogP contribution is -2.40. The van der Waals surface area contributed by atoms with Crippen molar-refractivity contribution in [3.8, 4) is 11.5 Å². The maximum Gasteiger partial charge on any atom is 0.490 e. The zero-order valence-electron chi connectivity index (χ0n) is 28.3. The molecule has 0 aromatic heterocycles. The summed E-state index contributed by atoms with van der Waals surface area (Å²) < 4.78 is 43.5. The van der Waals surface area contributed by atoms with Gasteiger partial charge < -0.3 is 31.4 Å². The quantitative estimate of drug-likeness (QED) is 0.0485. The molecule has 9 nitrogen and oxygen atoms in total. The lowest BCUT2D eigenvalue weighted by atomic mass is 9.84. The number of nitrogens with zero attached hydrogens (tertiary/aromatic N) is 1. The number of carbonyl (C=O) groups excluding carboxylic acids is 1. The Kier molecular flexibility index (Phi) is 16.9. The molecule has 0 saturated heterocycles. The first-order valence-electron chi connectivity index (χ1n) is 16.7. The summed E-state index contributed by atoms with van der Waals surface area (Å²) >= 11 is 0. The first-order chi connectivity index (χ1) is 24.5. The molecule has 272 valence electrons. The smallest absolute Gasteiger partial charge is 0.490 e. The van der Waals surface area contributed by atoms with Crippen LogP contribution in [0.15, 0.2) is 120 Å². The van der Waals surface area contributed by atoms with Gasteiger partial charge in [0, 0.05) is 12.5 Å². The minimum Gasteiger partial charge on any atom is -0.494 e. The molecule has 12 heteroatoms. The van der Waals surface area contributed by atoms with Gasteiger partial charge in [-0.1, -0.05) is 117 Å². The molecule has 0 bridgehead atoms. The van der Waals surface area contributed by atoms with E-state index in [1.807, 2.05) is 103 Å². The molecule has 6 N–H and O–H groups in total. The van der Waals surface area contributed by atoms with E-state index in [0.717, 1.165) is 66.7 Å². The number of alkyl halides is 3. The fourth-order valence-corrected chi connectivity index (χ4v) is 5.14. The normalized spacial score (nSPS) is 11.5. The molecule has 51 heavy (non-hydrogen) atoms. The number of hydrogen-bond acceptors (Lipinski definition) is 5. The lowest BCUT2D eigenvalue weighted by Gasteiger charge is -2.25. The van der Waals surface area contributed by atoms with Gasteiger partial charge in [0.2, 0.25) is 5.91 Å². The summed E-state index contributed by atoms with van der Waals surface area (Å²) in [7, 11) is 0. The number of rotatable bonds is 18. The summed E-state index contributed by atoms with van der Waals surface area (Å²) in [5, 5.41) is 10.2. The number of carboxylic acids is 1. The molecular formula is C39H45F3N4O5. The maximum absolute atomic E-state index is 13.4. The molecule has 1 amide bonds. The molecule has 0 heterocycles. The van der Waals surface area contributed by atoms with Gasteiger partial charge in [0.1, 0.15) is 24.1 Å². The maximum atomic E-state index is 13.4. The van der Waals surface area contributed by atoms with Gasteiger partial charge >= 0.3 is 12.1 Å². The molecule has 4 aromatic rings. The van der Waals surface area contributed by atoms with Crippen LogP contribution in [0.4, 0.5) is 13.2 Å². The predicted octanol–water partition coefficient (Wildman–Crippen LogP) is 7.21. The minimum atomic E-state index is -5.08. The van der Waals surface area contributed by atoms with Crippen LogP contribution in [0.5, 0.6) is 11.5 Å². The van der Waals surface area contributed by atoms with Gasteiger partial charge in [-0.05, 0) is 53.8 Å². The molecule has 0 saturated carbocycles. The second kappa shape index (κ2) is 21.5. The highest BCUT2D eigenvalue weighted by atomic mass is 19.4. The molecule has 4 rings (SSSR count). The third-order valence-corrected chi connectivity index (χ3v) is 7.64. The van der Waals surface area contributed by atoms with Gasteiger partial charge in [-0.3, -0.25) is 4.79 Å². The van der Waals surface area contributed by atoms with E-state index in [1.54, 1.807) is 0 Å². The van der Waals surface area contributed by atoms with Crippen LogP contribution in [0.2, 0.25) is 0 Å². The first-order valence-corrected chi connectivity index (χ1v) is 16.7. The number of aliphatic carboxylic acids is 1. The lowest BCUT2D eigenvalue weighted by molar-refractivity contribution is -0.192.